The summed E-state index contributed by atoms with van der Waals surface area (Å²) < 4.78 is 8.20. The highest BCUT2D eigenvalue weighted by Gasteiger charge is 2.33. The maximum Gasteiger partial charge on any atom is 0.237 e. The molecule has 3 nitrogen and oxygen atoms in total. The Hall–Kier alpha value is -1.10. The van der Waals surface area contributed by atoms with Crippen molar-refractivity contribution in [1.29, 1.82) is 0 Å². The summed E-state index contributed by atoms with van der Waals surface area (Å²) in [5, 5.41) is 4.43. The Morgan fingerprint density at radius 2 is 2.08 bits per heavy atom. The summed E-state index contributed by atoms with van der Waals surface area (Å²) >= 11 is 8.05. The van der Waals surface area contributed by atoms with Crippen LogP contribution < -0.4 is 5.32 Å². The first-order valence-corrected chi connectivity index (χ1v) is 10.4. The standard InChI is InChI=1S/C20H25ClN2OS/c1-14-17(21)10-5-11-18(14)25-23-12-6-7-15(13-23)19-20(24-19)22-16-8-3-2-4-9-16/h5,7,10-11,16,22H,2-4,6,8-9,12-13H2,1H3. The minimum atomic E-state index is 0.602. The minimum absolute atomic E-state index is 0.602. The normalized spacial score (nSPS) is 21.8. The molecule has 3 aliphatic rings. The van der Waals surface area contributed by atoms with Gasteiger partial charge in [0.1, 0.15) is 0 Å². The summed E-state index contributed by atoms with van der Waals surface area (Å²) in [6.07, 6.45) is 9.99. The molecule has 0 aromatic heterocycles. The van der Waals surface area contributed by atoms with Gasteiger partial charge in [0.05, 0.1) is 0 Å². The second-order valence-corrected chi connectivity index (χ2v) is 8.62. The molecule has 0 spiro atoms. The van der Waals surface area contributed by atoms with E-state index in [1.165, 1.54) is 42.6 Å². The van der Waals surface area contributed by atoms with Crippen molar-refractivity contribution >= 4 is 23.5 Å². The highest BCUT2D eigenvalue weighted by atomic mass is 35.5. The third-order valence-corrected chi connectivity index (χ3v) is 6.78. The third kappa shape index (κ3) is 4.18. The van der Waals surface area contributed by atoms with E-state index in [4.69, 9.17) is 16.3 Å². The molecule has 2 heterocycles. The molecular weight excluding hydrogens is 352 g/mol. The number of hydrogen-bond donors (Lipinski definition) is 1. The van der Waals surface area contributed by atoms with Crippen LogP contribution in [0.3, 0.4) is 0 Å². The Balaban J connectivity index is 1.37. The SMILES string of the molecule is Cc1c(Cl)cccc1SN1CCC=C(C2=C(NC3CCCCC3)O2)C1. The first-order valence-electron chi connectivity index (χ1n) is 9.27. The van der Waals surface area contributed by atoms with Crippen LogP contribution in [0.4, 0.5) is 0 Å². The summed E-state index contributed by atoms with van der Waals surface area (Å²) in [7, 11) is 0. The van der Waals surface area contributed by atoms with Crippen LogP contribution in [-0.2, 0) is 4.74 Å². The summed E-state index contributed by atoms with van der Waals surface area (Å²) in [6.45, 7) is 4.06. The summed E-state index contributed by atoms with van der Waals surface area (Å²) in [5.74, 6) is 2.10. The smallest absolute Gasteiger partial charge is 0.237 e. The van der Waals surface area contributed by atoms with Crippen LogP contribution in [0.2, 0.25) is 5.02 Å². The van der Waals surface area contributed by atoms with Gasteiger partial charge in [-0.05, 0) is 55.8 Å². The van der Waals surface area contributed by atoms with Gasteiger partial charge in [-0.15, -0.1) is 0 Å². The average Bonchev–Trinajstić information content (AvgIpc) is 3.39. The van der Waals surface area contributed by atoms with Crippen LogP contribution in [0, 0.1) is 6.92 Å². The molecule has 1 aromatic rings. The van der Waals surface area contributed by atoms with Crippen molar-refractivity contribution in [2.45, 2.75) is 56.4 Å². The molecule has 1 N–H and O–H groups in total. The zero-order valence-corrected chi connectivity index (χ0v) is 16.3. The summed E-state index contributed by atoms with van der Waals surface area (Å²) in [5.41, 5.74) is 2.48. The maximum absolute atomic E-state index is 6.25. The highest BCUT2D eigenvalue weighted by molar-refractivity contribution is 7.97. The average molecular weight is 377 g/mol. The number of halogens is 1. The predicted molar refractivity (Wildman–Crippen MR) is 104 cm³/mol. The number of hydrogen-bond acceptors (Lipinski definition) is 4. The quantitative estimate of drug-likeness (QED) is 0.695. The Morgan fingerprint density at radius 3 is 2.92 bits per heavy atom. The largest absolute Gasteiger partial charge is 0.432 e. The molecule has 1 aromatic carbocycles. The van der Waals surface area contributed by atoms with Crippen molar-refractivity contribution in [3.05, 3.63) is 52.1 Å². The van der Waals surface area contributed by atoms with Crippen LogP contribution in [-0.4, -0.2) is 23.4 Å². The molecule has 0 bridgehead atoms. The van der Waals surface area contributed by atoms with Gasteiger partial charge in [-0.2, -0.15) is 0 Å². The molecule has 2 aliphatic heterocycles. The molecule has 4 rings (SSSR count). The number of nitrogens with one attached hydrogen (secondary N) is 1. The first kappa shape index (κ1) is 17.3. The van der Waals surface area contributed by atoms with Gasteiger partial charge < -0.3 is 10.1 Å². The number of nitrogens with zero attached hydrogens (tertiary/aromatic N) is 1. The number of benzene rings is 1. The Morgan fingerprint density at radius 1 is 1.24 bits per heavy atom. The van der Waals surface area contributed by atoms with Crippen molar-refractivity contribution in [3.8, 4) is 0 Å². The van der Waals surface area contributed by atoms with E-state index in [9.17, 15) is 0 Å². The van der Waals surface area contributed by atoms with Gasteiger partial charge in [-0.1, -0.05) is 43.0 Å². The number of ether oxygens (including phenoxy) is 1. The van der Waals surface area contributed by atoms with E-state index < -0.39 is 0 Å². The molecule has 1 saturated carbocycles. The predicted octanol–water partition coefficient (Wildman–Crippen LogP) is 5.41. The fourth-order valence-corrected chi connectivity index (χ4v) is 4.90. The lowest BCUT2D eigenvalue weighted by atomic mass is 9.96. The Bertz CT molecular complexity index is 710. The second kappa shape index (κ2) is 7.65. The topological polar surface area (TPSA) is 27.8 Å². The molecule has 5 heteroatoms. The lowest BCUT2D eigenvalue weighted by molar-refractivity contribution is 0.353. The fraction of sp³-hybridized carbons (Fsp3) is 0.500. The van der Waals surface area contributed by atoms with Crippen molar-refractivity contribution < 1.29 is 4.74 Å². The molecule has 1 aliphatic carbocycles. The van der Waals surface area contributed by atoms with Gasteiger partial charge >= 0.3 is 0 Å². The molecule has 134 valence electrons. The van der Waals surface area contributed by atoms with Crippen molar-refractivity contribution in [3.63, 3.8) is 0 Å². The van der Waals surface area contributed by atoms with Crippen molar-refractivity contribution in [1.82, 2.24) is 9.62 Å². The molecule has 25 heavy (non-hydrogen) atoms. The highest BCUT2D eigenvalue weighted by Crippen LogP contribution is 2.38. The molecule has 0 radical (unpaired) electrons. The van der Waals surface area contributed by atoms with Crippen LogP contribution in [0.25, 0.3) is 0 Å². The molecule has 0 unspecified atom stereocenters. The summed E-state index contributed by atoms with van der Waals surface area (Å²) in [4.78, 5) is 1.24. The van der Waals surface area contributed by atoms with E-state index in [0.29, 0.717) is 6.04 Å². The first-order chi connectivity index (χ1) is 12.2. The van der Waals surface area contributed by atoms with Gasteiger partial charge in [-0.25, -0.2) is 4.31 Å². The van der Waals surface area contributed by atoms with Gasteiger partial charge in [-0.3, -0.25) is 0 Å². The molecule has 0 saturated heterocycles. The van der Waals surface area contributed by atoms with Gasteiger partial charge in [0.2, 0.25) is 5.88 Å². The van der Waals surface area contributed by atoms with E-state index in [1.807, 2.05) is 12.1 Å². The van der Waals surface area contributed by atoms with Crippen LogP contribution in [0.5, 0.6) is 0 Å². The number of rotatable bonds is 5. The van der Waals surface area contributed by atoms with Gasteiger partial charge in [0, 0.05) is 34.6 Å². The van der Waals surface area contributed by atoms with Crippen LogP contribution in [0.1, 0.15) is 44.1 Å². The molecule has 1 fully saturated rings. The van der Waals surface area contributed by atoms with Crippen LogP contribution in [0.15, 0.2) is 46.4 Å². The monoisotopic (exact) mass is 376 g/mol. The molecular formula is C20H25ClN2OS. The maximum atomic E-state index is 6.25. The summed E-state index contributed by atoms with van der Waals surface area (Å²) in [6, 6.07) is 6.73. The lowest BCUT2D eigenvalue weighted by Crippen LogP contribution is -2.28. The van der Waals surface area contributed by atoms with E-state index >= 15 is 0 Å². The van der Waals surface area contributed by atoms with E-state index in [1.54, 1.807) is 11.9 Å². The van der Waals surface area contributed by atoms with Crippen molar-refractivity contribution in [2.24, 2.45) is 0 Å². The zero-order chi connectivity index (χ0) is 17.2. The zero-order valence-electron chi connectivity index (χ0n) is 14.7. The third-order valence-electron chi connectivity index (χ3n) is 5.16. The van der Waals surface area contributed by atoms with E-state index in [-0.39, 0.29) is 0 Å². The lowest BCUT2D eigenvalue weighted by Gasteiger charge is -2.25. The second-order valence-electron chi connectivity index (χ2n) is 7.08. The van der Waals surface area contributed by atoms with Crippen LogP contribution >= 0.6 is 23.5 Å². The van der Waals surface area contributed by atoms with E-state index in [0.717, 1.165) is 41.7 Å². The van der Waals surface area contributed by atoms with Gasteiger partial charge in [0.15, 0.2) is 5.76 Å². The Labute approximate surface area is 159 Å². The van der Waals surface area contributed by atoms with Gasteiger partial charge in [0.25, 0.3) is 0 Å². The molecule has 0 atom stereocenters. The Kier molecular flexibility index (Phi) is 5.30. The minimum Gasteiger partial charge on any atom is -0.432 e. The van der Waals surface area contributed by atoms with Crippen molar-refractivity contribution in [2.75, 3.05) is 13.1 Å². The van der Waals surface area contributed by atoms with E-state index in [2.05, 4.69) is 28.7 Å². The fourth-order valence-electron chi connectivity index (χ4n) is 3.60. The molecule has 0 amide bonds.